The van der Waals surface area contributed by atoms with Gasteiger partial charge in [0.15, 0.2) is 0 Å². The van der Waals surface area contributed by atoms with Gasteiger partial charge in [-0.3, -0.25) is 0 Å². The minimum absolute atomic E-state index is 0.371. The highest BCUT2D eigenvalue weighted by atomic mass is 32.2. The zero-order chi connectivity index (χ0) is 10.4. The van der Waals surface area contributed by atoms with Crippen LogP contribution in [0.2, 0.25) is 0 Å². The number of nitrogens with zero attached hydrogens (tertiary/aromatic N) is 1. The Morgan fingerprint density at radius 3 is 2.86 bits per heavy atom. The summed E-state index contributed by atoms with van der Waals surface area (Å²) in [4.78, 5) is 7.02. The number of nitrogens with one attached hydrogen (secondary N) is 2. The lowest BCUT2D eigenvalue weighted by Gasteiger charge is -2.17. The summed E-state index contributed by atoms with van der Waals surface area (Å²) in [5.41, 5.74) is 1.14. The quantitative estimate of drug-likeness (QED) is 0.735. The van der Waals surface area contributed by atoms with E-state index in [0.29, 0.717) is 4.75 Å². The highest BCUT2D eigenvalue weighted by Crippen LogP contribution is 2.21. The molecule has 14 heavy (non-hydrogen) atoms. The van der Waals surface area contributed by atoms with Crippen LogP contribution in [-0.4, -0.2) is 27.0 Å². The molecule has 0 atom stereocenters. The molecule has 0 fully saturated rings. The van der Waals surface area contributed by atoms with Crippen LogP contribution in [0.1, 0.15) is 26.5 Å². The number of thioether (sulfide) groups is 1. The fourth-order valence-corrected chi connectivity index (χ4v) is 1.89. The van der Waals surface area contributed by atoms with Gasteiger partial charge in [0.1, 0.15) is 0 Å². The number of H-pyrrole nitrogens is 1. The van der Waals surface area contributed by atoms with Gasteiger partial charge < -0.3 is 10.3 Å². The van der Waals surface area contributed by atoms with Crippen molar-refractivity contribution in [1.29, 1.82) is 0 Å². The first-order chi connectivity index (χ1) is 6.58. The van der Waals surface area contributed by atoms with Crippen LogP contribution in [-0.2, 0) is 6.54 Å². The summed E-state index contributed by atoms with van der Waals surface area (Å²) < 4.78 is 0.371. The molecule has 0 bridgehead atoms. The number of hydrogen-bond acceptors (Lipinski definition) is 3. The standard InChI is InChI=1S/C10H19N3S/c1-10(2,3)14-5-4-11-6-9-7-12-8-13-9/h7-8,11H,4-6H2,1-3H3,(H,12,13). The first kappa shape index (κ1) is 11.6. The molecule has 0 aliphatic carbocycles. The normalized spacial score (nSPS) is 11.9. The third kappa shape index (κ3) is 5.29. The van der Waals surface area contributed by atoms with Crippen molar-refractivity contribution in [2.24, 2.45) is 0 Å². The molecule has 0 unspecified atom stereocenters. The van der Waals surface area contributed by atoms with Gasteiger partial charge in [0.2, 0.25) is 0 Å². The molecule has 0 amide bonds. The van der Waals surface area contributed by atoms with Crippen LogP contribution in [0.4, 0.5) is 0 Å². The second-order valence-electron chi connectivity index (χ2n) is 4.21. The smallest absolute Gasteiger partial charge is 0.0922 e. The van der Waals surface area contributed by atoms with Gasteiger partial charge in [-0.25, -0.2) is 4.98 Å². The molecule has 1 aromatic heterocycles. The summed E-state index contributed by atoms with van der Waals surface area (Å²) in [5.74, 6) is 1.15. The molecule has 1 heterocycles. The Hall–Kier alpha value is -0.480. The van der Waals surface area contributed by atoms with Gasteiger partial charge in [-0.15, -0.1) is 0 Å². The minimum atomic E-state index is 0.371. The number of aromatic amines is 1. The highest BCUT2D eigenvalue weighted by Gasteiger charge is 2.08. The third-order valence-electron chi connectivity index (χ3n) is 1.68. The van der Waals surface area contributed by atoms with Crippen LogP contribution >= 0.6 is 11.8 Å². The summed E-state index contributed by atoms with van der Waals surface area (Å²) in [5, 5.41) is 3.37. The summed E-state index contributed by atoms with van der Waals surface area (Å²) in [6, 6.07) is 0. The van der Waals surface area contributed by atoms with E-state index in [1.54, 1.807) is 6.33 Å². The summed E-state index contributed by atoms with van der Waals surface area (Å²) in [6.07, 6.45) is 3.56. The number of rotatable bonds is 5. The van der Waals surface area contributed by atoms with E-state index in [9.17, 15) is 0 Å². The minimum Gasteiger partial charge on any atom is -0.347 e. The predicted octanol–water partition coefficient (Wildman–Crippen LogP) is 2.03. The lowest BCUT2D eigenvalue weighted by atomic mass is 10.3. The maximum Gasteiger partial charge on any atom is 0.0922 e. The van der Waals surface area contributed by atoms with E-state index in [1.807, 2.05) is 18.0 Å². The van der Waals surface area contributed by atoms with Crippen molar-refractivity contribution in [3.8, 4) is 0 Å². The third-order valence-corrected chi connectivity index (χ3v) is 2.96. The lowest BCUT2D eigenvalue weighted by Crippen LogP contribution is -2.19. The summed E-state index contributed by atoms with van der Waals surface area (Å²) in [6.45, 7) is 8.65. The van der Waals surface area contributed by atoms with Gasteiger partial charge in [0, 0.05) is 35.5 Å². The van der Waals surface area contributed by atoms with Crippen LogP contribution in [0.5, 0.6) is 0 Å². The maximum atomic E-state index is 3.96. The number of imidazole rings is 1. The van der Waals surface area contributed by atoms with Gasteiger partial charge in [0.05, 0.1) is 6.33 Å². The van der Waals surface area contributed by atoms with Crippen molar-refractivity contribution in [3.05, 3.63) is 18.2 Å². The Labute approximate surface area is 90.1 Å². The van der Waals surface area contributed by atoms with Crippen molar-refractivity contribution in [2.45, 2.75) is 32.1 Å². The van der Waals surface area contributed by atoms with E-state index in [1.165, 1.54) is 0 Å². The molecule has 4 heteroatoms. The van der Waals surface area contributed by atoms with Crippen molar-refractivity contribution in [2.75, 3.05) is 12.3 Å². The van der Waals surface area contributed by atoms with Gasteiger partial charge in [-0.05, 0) is 0 Å². The molecule has 80 valence electrons. The average molecular weight is 213 g/mol. The fourth-order valence-electron chi connectivity index (χ4n) is 1.03. The van der Waals surface area contributed by atoms with Crippen molar-refractivity contribution in [3.63, 3.8) is 0 Å². The van der Waals surface area contributed by atoms with Crippen LogP contribution in [0.15, 0.2) is 12.5 Å². The van der Waals surface area contributed by atoms with Crippen LogP contribution < -0.4 is 5.32 Å². The van der Waals surface area contributed by atoms with E-state index in [0.717, 1.165) is 24.5 Å². The van der Waals surface area contributed by atoms with E-state index in [-0.39, 0.29) is 0 Å². The van der Waals surface area contributed by atoms with Crippen LogP contribution in [0, 0.1) is 0 Å². The molecular formula is C10H19N3S. The van der Waals surface area contributed by atoms with Crippen molar-refractivity contribution in [1.82, 2.24) is 15.3 Å². The highest BCUT2D eigenvalue weighted by molar-refractivity contribution is 8.00. The van der Waals surface area contributed by atoms with E-state index >= 15 is 0 Å². The molecule has 1 aromatic rings. The molecule has 0 aromatic carbocycles. The van der Waals surface area contributed by atoms with Gasteiger partial charge in [-0.1, -0.05) is 20.8 Å². The molecule has 3 nitrogen and oxygen atoms in total. The molecule has 2 N–H and O–H groups in total. The largest absolute Gasteiger partial charge is 0.347 e. The maximum absolute atomic E-state index is 3.96. The summed E-state index contributed by atoms with van der Waals surface area (Å²) >= 11 is 1.98. The van der Waals surface area contributed by atoms with Gasteiger partial charge in [0.25, 0.3) is 0 Å². The van der Waals surface area contributed by atoms with Crippen molar-refractivity contribution < 1.29 is 0 Å². The Morgan fingerprint density at radius 2 is 2.29 bits per heavy atom. The average Bonchev–Trinajstić information content (AvgIpc) is 2.54. The predicted molar refractivity (Wildman–Crippen MR) is 62.5 cm³/mol. The fraction of sp³-hybridized carbons (Fsp3) is 0.700. The van der Waals surface area contributed by atoms with Crippen molar-refractivity contribution >= 4 is 11.8 Å². The lowest BCUT2D eigenvalue weighted by molar-refractivity contribution is 0.714. The number of hydrogen-bond donors (Lipinski definition) is 2. The second kappa shape index (κ2) is 5.41. The van der Waals surface area contributed by atoms with Gasteiger partial charge >= 0.3 is 0 Å². The summed E-state index contributed by atoms with van der Waals surface area (Å²) in [7, 11) is 0. The molecule has 0 radical (unpaired) electrons. The number of aromatic nitrogens is 2. The van der Waals surface area contributed by atoms with Crippen LogP contribution in [0.25, 0.3) is 0 Å². The Kier molecular flexibility index (Phi) is 4.48. The molecule has 0 aliphatic rings. The molecule has 1 rings (SSSR count). The molecular weight excluding hydrogens is 194 g/mol. The van der Waals surface area contributed by atoms with Gasteiger partial charge in [-0.2, -0.15) is 11.8 Å². The Balaban J connectivity index is 2.00. The monoisotopic (exact) mass is 213 g/mol. The molecule has 0 saturated carbocycles. The second-order valence-corrected chi connectivity index (χ2v) is 6.14. The molecule has 0 saturated heterocycles. The first-order valence-electron chi connectivity index (χ1n) is 4.90. The zero-order valence-electron chi connectivity index (χ0n) is 9.13. The zero-order valence-corrected chi connectivity index (χ0v) is 9.95. The van der Waals surface area contributed by atoms with Crippen LogP contribution in [0.3, 0.4) is 0 Å². The van der Waals surface area contributed by atoms with E-state index in [4.69, 9.17) is 0 Å². The molecule has 0 spiro atoms. The first-order valence-corrected chi connectivity index (χ1v) is 5.88. The SMILES string of the molecule is CC(C)(C)SCCNCc1cnc[nH]1. The Morgan fingerprint density at radius 1 is 1.50 bits per heavy atom. The molecule has 0 aliphatic heterocycles. The van der Waals surface area contributed by atoms with E-state index < -0.39 is 0 Å². The topological polar surface area (TPSA) is 40.7 Å². The van der Waals surface area contributed by atoms with E-state index in [2.05, 4.69) is 36.1 Å². The Bertz CT molecular complexity index is 238.